The van der Waals surface area contributed by atoms with E-state index in [-0.39, 0.29) is 6.04 Å². The lowest BCUT2D eigenvalue weighted by Crippen LogP contribution is -2.49. The molecule has 2 fully saturated rings. The van der Waals surface area contributed by atoms with Gasteiger partial charge in [0.1, 0.15) is 0 Å². The summed E-state index contributed by atoms with van der Waals surface area (Å²) in [5, 5.41) is 3.30. The summed E-state index contributed by atoms with van der Waals surface area (Å²) in [5.41, 5.74) is 0. The van der Waals surface area contributed by atoms with Crippen LogP contribution in [0.4, 0.5) is 0 Å². The van der Waals surface area contributed by atoms with Crippen LogP contribution in [0.1, 0.15) is 25.7 Å². The van der Waals surface area contributed by atoms with Gasteiger partial charge >= 0.3 is 0 Å². The third kappa shape index (κ3) is 2.96. The van der Waals surface area contributed by atoms with Gasteiger partial charge in [0.15, 0.2) is 9.84 Å². The Morgan fingerprint density at radius 1 is 1.19 bits per heavy atom. The van der Waals surface area contributed by atoms with Crippen LogP contribution in [0.15, 0.2) is 0 Å². The van der Waals surface area contributed by atoms with Gasteiger partial charge in [-0.3, -0.25) is 4.90 Å². The first kappa shape index (κ1) is 12.3. The molecule has 0 bridgehead atoms. The quantitative estimate of drug-likeness (QED) is 0.759. The Balaban J connectivity index is 1.89. The van der Waals surface area contributed by atoms with E-state index in [9.17, 15) is 8.42 Å². The van der Waals surface area contributed by atoms with E-state index >= 15 is 0 Å². The molecular weight excluding hydrogens is 224 g/mol. The molecule has 0 spiro atoms. The highest BCUT2D eigenvalue weighted by Gasteiger charge is 2.31. The third-order valence-electron chi connectivity index (χ3n) is 3.89. The maximum Gasteiger partial charge on any atom is 0.151 e. The van der Waals surface area contributed by atoms with Crippen molar-refractivity contribution >= 4 is 9.84 Å². The fourth-order valence-electron chi connectivity index (χ4n) is 2.84. The van der Waals surface area contributed by atoms with E-state index in [0.29, 0.717) is 17.5 Å². The van der Waals surface area contributed by atoms with E-state index < -0.39 is 9.84 Å². The van der Waals surface area contributed by atoms with Crippen LogP contribution in [-0.4, -0.2) is 57.0 Å². The summed E-state index contributed by atoms with van der Waals surface area (Å²) in [5.74, 6) is 0.785. The lowest BCUT2D eigenvalue weighted by Gasteiger charge is -2.38. The van der Waals surface area contributed by atoms with Gasteiger partial charge in [-0.15, -0.1) is 0 Å². The summed E-state index contributed by atoms with van der Waals surface area (Å²) in [6, 6.07) is 0.910. The second-order valence-electron chi connectivity index (χ2n) is 5.01. The van der Waals surface area contributed by atoms with Crippen molar-refractivity contribution in [2.75, 3.05) is 31.6 Å². The van der Waals surface area contributed by atoms with Crippen LogP contribution in [0, 0.1) is 0 Å². The zero-order valence-corrected chi connectivity index (χ0v) is 10.8. The highest BCUT2D eigenvalue weighted by Crippen LogP contribution is 2.21. The smallest absolute Gasteiger partial charge is 0.151 e. The lowest BCUT2D eigenvalue weighted by molar-refractivity contribution is 0.147. The molecule has 0 radical (unpaired) electrons. The number of likely N-dealkylation sites (tertiary alicyclic amines) is 1. The summed E-state index contributed by atoms with van der Waals surface area (Å²) in [7, 11) is -0.752. The predicted octanol–water partition coefficient (Wildman–Crippen LogP) is 0.247. The van der Waals surface area contributed by atoms with Crippen molar-refractivity contribution in [2.24, 2.45) is 0 Å². The van der Waals surface area contributed by atoms with Crippen LogP contribution in [0.25, 0.3) is 0 Å². The van der Waals surface area contributed by atoms with Gasteiger partial charge in [0.05, 0.1) is 11.5 Å². The number of rotatable bonds is 2. The summed E-state index contributed by atoms with van der Waals surface area (Å²) < 4.78 is 23.2. The Morgan fingerprint density at radius 3 is 2.44 bits per heavy atom. The maximum atomic E-state index is 11.6. The van der Waals surface area contributed by atoms with E-state index in [1.165, 1.54) is 0 Å². The topological polar surface area (TPSA) is 49.4 Å². The molecule has 94 valence electrons. The zero-order chi connectivity index (χ0) is 11.6. The molecule has 2 saturated heterocycles. The van der Waals surface area contributed by atoms with Crippen molar-refractivity contribution < 1.29 is 8.42 Å². The summed E-state index contributed by atoms with van der Waals surface area (Å²) >= 11 is 0. The SMILES string of the molecule is CNC1CCN(C2CCCS(=O)(=O)C2)CC1. The average Bonchev–Trinajstić information content (AvgIpc) is 2.28. The highest BCUT2D eigenvalue weighted by atomic mass is 32.2. The first-order valence-corrected chi connectivity index (χ1v) is 8.04. The van der Waals surface area contributed by atoms with E-state index in [1.807, 2.05) is 7.05 Å². The minimum atomic E-state index is -2.76. The summed E-state index contributed by atoms with van der Waals surface area (Å²) in [6.07, 6.45) is 4.20. The molecule has 4 nitrogen and oxygen atoms in total. The number of hydrogen-bond acceptors (Lipinski definition) is 4. The number of hydrogen-bond donors (Lipinski definition) is 1. The van der Waals surface area contributed by atoms with Crippen molar-refractivity contribution in [3.8, 4) is 0 Å². The molecule has 0 saturated carbocycles. The largest absolute Gasteiger partial charge is 0.317 e. The van der Waals surface area contributed by atoms with Gasteiger partial charge in [-0.2, -0.15) is 0 Å². The minimum Gasteiger partial charge on any atom is -0.317 e. The molecule has 5 heteroatoms. The number of piperidine rings is 1. The first-order chi connectivity index (χ1) is 7.61. The Labute approximate surface area is 98.3 Å². The monoisotopic (exact) mass is 246 g/mol. The summed E-state index contributed by atoms with van der Waals surface area (Å²) in [6.45, 7) is 2.09. The Hall–Kier alpha value is -0.130. The predicted molar refractivity (Wildman–Crippen MR) is 65.3 cm³/mol. The van der Waals surface area contributed by atoms with Crippen LogP contribution >= 0.6 is 0 Å². The minimum absolute atomic E-state index is 0.288. The maximum absolute atomic E-state index is 11.6. The molecule has 2 heterocycles. The Bertz CT molecular complexity index is 321. The fourth-order valence-corrected chi connectivity index (χ4v) is 4.58. The molecule has 1 atom stereocenters. The molecule has 1 unspecified atom stereocenters. The Kier molecular flexibility index (Phi) is 3.87. The third-order valence-corrected chi connectivity index (χ3v) is 5.70. The normalized spacial score (nSPS) is 32.7. The van der Waals surface area contributed by atoms with E-state index in [1.54, 1.807) is 0 Å². The molecular formula is C11H22N2O2S. The second kappa shape index (κ2) is 5.02. The average molecular weight is 246 g/mol. The molecule has 0 amide bonds. The van der Waals surface area contributed by atoms with Crippen LogP contribution in [0.5, 0.6) is 0 Å². The van der Waals surface area contributed by atoms with Gasteiger partial charge in [-0.1, -0.05) is 0 Å². The van der Waals surface area contributed by atoms with E-state index in [0.717, 1.165) is 38.8 Å². The Morgan fingerprint density at radius 2 is 1.88 bits per heavy atom. The number of sulfone groups is 1. The van der Waals surface area contributed by atoms with Gasteiger partial charge in [-0.25, -0.2) is 8.42 Å². The van der Waals surface area contributed by atoms with Crippen molar-refractivity contribution in [1.29, 1.82) is 0 Å². The lowest BCUT2D eigenvalue weighted by atomic mass is 10.0. The van der Waals surface area contributed by atoms with Gasteiger partial charge in [-0.05, 0) is 45.8 Å². The molecule has 16 heavy (non-hydrogen) atoms. The van der Waals surface area contributed by atoms with Crippen molar-refractivity contribution in [1.82, 2.24) is 10.2 Å². The molecule has 0 aromatic rings. The number of nitrogens with zero attached hydrogens (tertiary/aromatic N) is 1. The van der Waals surface area contributed by atoms with Gasteiger partial charge < -0.3 is 5.32 Å². The molecule has 0 aromatic carbocycles. The molecule has 2 aliphatic heterocycles. The highest BCUT2D eigenvalue weighted by molar-refractivity contribution is 7.91. The second-order valence-corrected chi connectivity index (χ2v) is 7.24. The van der Waals surface area contributed by atoms with Gasteiger partial charge in [0, 0.05) is 12.1 Å². The van der Waals surface area contributed by atoms with Crippen molar-refractivity contribution in [3.05, 3.63) is 0 Å². The van der Waals surface area contributed by atoms with Crippen molar-refractivity contribution in [3.63, 3.8) is 0 Å². The summed E-state index contributed by atoms with van der Waals surface area (Å²) in [4.78, 5) is 2.38. The molecule has 0 aliphatic carbocycles. The van der Waals surface area contributed by atoms with Crippen LogP contribution < -0.4 is 5.32 Å². The van der Waals surface area contributed by atoms with Crippen LogP contribution in [0.2, 0.25) is 0 Å². The molecule has 2 rings (SSSR count). The van der Waals surface area contributed by atoms with Gasteiger partial charge in [0.2, 0.25) is 0 Å². The van der Waals surface area contributed by atoms with E-state index in [4.69, 9.17) is 0 Å². The number of nitrogens with one attached hydrogen (secondary N) is 1. The van der Waals surface area contributed by atoms with Crippen LogP contribution in [0.3, 0.4) is 0 Å². The fraction of sp³-hybridized carbons (Fsp3) is 1.00. The molecule has 0 aromatic heterocycles. The van der Waals surface area contributed by atoms with Crippen molar-refractivity contribution in [2.45, 2.75) is 37.8 Å². The van der Waals surface area contributed by atoms with E-state index in [2.05, 4.69) is 10.2 Å². The molecule has 2 aliphatic rings. The van der Waals surface area contributed by atoms with Gasteiger partial charge in [0.25, 0.3) is 0 Å². The standard InChI is InChI=1S/C11H22N2O2S/c1-12-10-4-6-13(7-5-10)11-3-2-8-16(14,15)9-11/h10-12H,2-9H2,1H3. The first-order valence-electron chi connectivity index (χ1n) is 6.22. The van der Waals surface area contributed by atoms with Crippen LogP contribution in [-0.2, 0) is 9.84 Å². The zero-order valence-electron chi connectivity index (χ0n) is 9.98. The molecule has 1 N–H and O–H groups in total.